The normalized spacial score (nSPS) is 12.6. The number of hydrogen-bond donors (Lipinski definition) is 2. The summed E-state index contributed by atoms with van der Waals surface area (Å²) < 4.78 is 48.8. The molecular weight excluding hydrogens is 344 g/mol. The van der Waals surface area contributed by atoms with Gasteiger partial charge in [-0.1, -0.05) is 0 Å². The SMILES string of the molecule is CS(=O)(=O)c1ccc(S(=O)(=O)NCCN)c(Br)c1. The largest absolute Gasteiger partial charge is 0.329 e. The van der Waals surface area contributed by atoms with Crippen molar-refractivity contribution in [1.29, 1.82) is 0 Å². The summed E-state index contributed by atoms with van der Waals surface area (Å²) in [5.41, 5.74) is 5.22. The monoisotopic (exact) mass is 356 g/mol. The maximum absolute atomic E-state index is 11.8. The molecule has 1 aromatic carbocycles. The van der Waals surface area contributed by atoms with E-state index in [1.165, 1.54) is 18.2 Å². The van der Waals surface area contributed by atoms with Gasteiger partial charge in [0.1, 0.15) is 0 Å². The Kier molecular flexibility index (Phi) is 4.90. The molecular formula is C9H13BrN2O4S2. The van der Waals surface area contributed by atoms with Crippen LogP contribution in [0.3, 0.4) is 0 Å². The third-order valence-corrected chi connectivity index (χ3v) is 5.61. The second kappa shape index (κ2) is 5.66. The lowest BCUT2D eigenvalue weighted by atomic mass is 10.4. The van der Waals surface area contributed by atoms with Crippen LogP contribution >= 0.6 is 15.9 Å². The van der Waals surface area contributed by atoms with E-state index in [4.69, 9.17) is 5.73 Å². The molecule has 6 nitrogen and oxygen atoms in total. The smallest absolute Gasteiger partial charge is 0.241 e. The van der Waals surface area contributed by atoms with Gasteiger partial charge in [0.15, 0.2) is 9.84 Å². The lowest BCUT2D eigenvalue weighted by Crippen LogP contribution is -2.29. The Morgan fingerprint density at radius 2 is 1.89 bits per heavy atom. The van der Waals surface area contributed by atoms with Gasteiger partial charge < -0.3 is 5.73 Å². The van der Waals surface area contributed by atoms with Gasteiger partial charge in [-0.25, -0.2) is 21.6 Å². The summed E-state index contributed by atoms with van der Waals surface area (Å²) in [7, 11) is -7.06. The van der Waals surface area contributed by atoms with Crippen molar-refractivity contribution in [2.24, 2.45) is 5.73 Å². The summed E-state index contributed by atoms with van der Waals surface area (Å²) in [5, 5.41) is 0. The number of sulfone groups is 1. The molecule has 0 saturated heterocycles. The highest BCUT2D eigenvalue weighted by atomic mass is 79.9. The van der Waals surface area contributed by atoms with Gasteiger partial charge in [-0.05, 0) is 34.1 Å². The highest BCUT2D eigenvalue weighted by Crippen LogP contribution is 2.25. The fourth-order valence-corrected chi connectivity index (χ4v) is 4.12. The van der Waals surface area contributed by atoms with Crippen LogP contribution < -0.4 is 10.5 Å². The molecule has 18 heavy (non-hydrogen) atoms. The number of halogens is 1. The van der Waals surface area contributed by atoms with E-state index in [2.05, 4.69) is 20.7 Å². The minimum absolute atomic E-state index is 0.0247. The van der Waals surface area contributed by atoms with E-state index >= 15 is 0 Å². The highest BCUT2D eigenvalue weighted by molar-refractivity contribution is 9.10. The van der Waals surface area contributed by atoms with Crippen LogP contribution in [0.1, 0.15) is 0 Å². The number of hydrogen-bond acceptors (Lipinski definition) is 5. The van der Waals surface area contributed by atoms with E-state index in [1.807, 2.05) is 0 Å². The van der Waals surface area contributed by atoms with Crippen molar-refractivity contribution in [3.05, 3.63) is 22.7 Å². The van der Waals surface area contributed by atoms with E-state index in [0.717, 1.165) is 6.26 Å². The summed E-state index contributed by atoms with van der Waals surface area (Å²) in [6, 6.07) is 3.74. The Morgan fingerprint density at radius 1 is 1.28 bits per heavy atom. The molecule has 0 spiro atoms. The van der Waals surface area contributed by atoms with Gasteiger partial charge in [-0.2, -0.15) is 0 Å². The Labute approximate surface area is 115 Å². The van der Waals surface area contributed by atoms with Gasteiger partial charge in [0, 0.05) is 23.8 Å². The van der Waals surface area contributed by atoms with E-state index in [0.29, 0.717) is 0 Å². The molecule has 0 aliphatic rings. The number of benzene rings is 1. The van der Waals surface area contributed by atoms with Crippen LogP contribution in [0.5, 0.6) is 0 Å². The second-order valence-corrected chi connectivity index (χ2v) is 8.16. The standard InChI is InChI=1S/C9H13BrN2O4S2/c1-17(13,14)7-2-3-9(8(10)6-7)18(15,16)12-5-4-11/h2-3,6,12H,4-5,11H2,1H3. The minimum Gasteiger partial charge on any atom is -0.329 e. The molecule has 0 aliphatic heterocycles. The summed E-state index contributed by atoms with van der Waals surface area (Å²) in [5.74, 6) is 0. The zero-order chi connectivity index (χ0) is 14.0. The van der Waals surface area contributed by atoms with Crippen molar-refractivity contribution in [3.63, 3.8) is 0 Å². The van der Waals surface area contributed by atoms with Crippen molar-refractivity contribution in [3.8, 4) is 0 Å². The summed E-state index contributed by atoms with van der Waals surface area (Å²) in [6.45, 7) is 0.293. The Morgan fingerprint density at radius 3 is 2.33 bits per heavy atom. The number of rotatable bonds is 5. The van der Waals surface area contributed by atoms with Crippen LogP contribution in [0.2, 0.25) is 0 Å². The second-order valence-electron chi connectivity index (χ2n) is 3.55. The van der Waals surface area contributed by atoms with Crippen LogP contribution in [-0.2, 0) is 19.9 Å². The molecule has 3 N–H and O–H groups in total. The lowest BCUT2D eigenvalue weighted by Gasteiger charge is -2.08. The molecule has 0 bridgehead atoms. The fraction of sp³-hybridized carbons (Fsp3) is 0.333. The summed E-state index contributed by atoms with van der Waals surface area (Å²) >= 11 is 3.05. The van der Waals surface area contributed by atoms with Gasteiger partial charge in [-0.3, -0.25) is 0 Å². The molecule has 0 aliphatic carbocycles. The number of nitrogens with one attached hydrogen (secondary N) is 1. The topological polar surface area (TPSA) is 106 Å². The lowest BCUT2D eigenvalue weighted by molar-refractivity contribution is 0.581. The summed E-state index contributed by atoms with van der Waals surface area (Å²) in [6.07, 6.45) is 1.05. The van der Waals surface area contributed by atoms with Gasteiger partial charge in [0.2, 0.25) is 10.0 Å². The molecule has 0 amide bonds. The molecule has 0 saturated carbocycles. The first-order valence-electron chi connectivity index (χ1n) is 4.88. The average Bonchev–Trinajstić information content (AvgIpc) is 2.24. The highest BCUT2D eigenvalue weighted by Gasteiger charge is 2.19. The molecule has 0 heterocycles. The predicted octanol–water partition coefficient (Wildman–Crippen LogP) is 0.0896. The maximum atomic E-state index is 11.8. The van der Waals surface area contributed by atoms with Crippen LogP contribution in [-0.4, -0.2) is 36.2 Å². The first-order valence-corrected chi connectivity index (χ1v) is 9.04. The predicted molar refractivity (Wildman–Crippen MR) is 71.5 cm³/mol. The van der Waals surface area contributed by atoms with Gasteiger partial charge in [-0.15, -0.1) is 0 Å². The van der Waals surface area contributed by atoms with E-state index in [1.54, 1.807) is 0 Å². The molecule has 0 radical (unpaired) electrons. The third kappa shape index (κ3) is 3.75. The molecule has 0 atom stereocenters. The van der Waals surface area contributed by atoms with E-state index in [-0.39, 0.29) is 27.4 Å². The van der Waals surface area contributed by atoms with Crippen LogP contribution in [0.25, 0.3) is 0 Å². The van der Waals surface area contributed by atoms with Crippen molar-refractivity contribution in [2.75, 3.05) is 19.3 Å². The maximum Gasteiger partial charge on any atom is 0.241 e. The molecule has 102 valence electrons. The molecule has 0 fully saturated rings. The van der Waals surface area contributed by atoms with Crippen molar-refractivity contribution in [2.45, 2.75) is 9.79 Å². The number of sulfonamides is 1. The van der Waals surface area contributed by atoms with E-state index in [9.17, 15) is 16.8 Å². The Balaban J connectivity index is 3.22. The average molecular weight is 357 g/mol. The Bertz CT molecular complexity index is 641. The van der Waals surface area contributed by atoms with Crippen molar-refractivity contribution < 1.29 is 16.8 Å². The molecule has 0 aromatic heterocycles. The number of nitrogens with two attached hydrogens (primary N) is 1. The van der Waals surface area contributed by atoms with Gasteiger partial charge in [0.25, 0.3) is 0 Å². The van der Waals surface area contributed by atoms with Crippen LogP contribution in [0, 0.1) is 0 Å². The van der Waals surface area contributed by atoms with Crippen LogP contribution in [0.15, 0.2) is 32.5 Å². The fourth-order valence-electron chi connectivity index (χ4n) is 1.20. The molecule has 1 aromatic rings. The first-order chi connectivity index (χ1) is 8.18. The van der Waals surface area contributed by atoms with Crippen LogP contribution in [0.4, 0.5) is 0 Å². The zero-order valence-corrected chi connectivity index (χ0v) is 12.8. The third-order valence-electron chi connectivity index (χ3n) is 2.06. The van der Waals surface area contributed by atoms with Crippen molar-refractivity contribution >= 4 is 35.8 Å². The van der Waals surface area contributed by atoms with E-state index < -0.39 is 19.9 Å². The van der Waals surface area contributed by atoms with Gasteiger partial charge >= 0.3 is 0 Å². The summed E-state index contributed by atoms with van der Waals surface area (Å²) in [4.78, 5) is 0.0236. The molecule has 9 heteroatoms. The molecule has 1 rings (SSSR count). The van der Waals surface area contributed by atoms with Gasteiger partial charge in [0.05, 0.1) is 9.79 Å². The Hall–Kier alpha value is -0.480. The molecule has 0 unspecified atom stereocenters. The zero-order valence-electron chi connectivity index (χ0n) is 9.55. The minimum atomic E-state index is -3.69. The van der Waals surface area contributed by atoms with Crippen molar-refractivity contribution in [1.82, 2.24) is 4.72 Å². The quantitative estimate of drug-likeness (QED) is 0.777. The first kappa shape index (κ1) is 15.6.